The summed E-state index contributed by atoms with van der Waals surface area (Å²) in [5.74, 6) is 1.64. The van der Waals surface area contributed by atoms with E-state index in [1.807, 2.05) is 128 Å². The van der Waals surface area contributed by atoms with Gasteiger partial charge in [-0.1, -0.05) is 0 Å². The van der Waals surface area contributed by atoms with Gasteiger partial charge in [-0.3, -0.25) is 9.97 Å². The van der Waals surface area contributed by atoms with E-state index in [-0.39, 0.29) is 11.2 Å². The summed E-state index contributed by atoms with van der Waals surface area (Å²) in [6.45, 7) is 30.7. The van der Waals surface area contributed by atoms with E-state index >= 15 is 0 Å². The minimum atomic E-state index is -0.393. The normalized spacial score (nSPS) is 13.6. The van der Waals surface area contributed by atoms with Gasteiger partial charge in [0.15, 0.2) is 11.4 Å². The first kappa shape index (κ1) is 46.9. The summed E-state index contributed by atoms with van der Waals surface area (Å²) in [5, 5.41) is 2.05. The Bertz CT molecular complexity index is 3170. The van der Waals surface area contributed by atoms with Crippen LogP contribution < -0.4 is 26.4 Å². The van der Waals surface area contributed by atoms with Gasteiger partial charge in [0.05, 0.1) is 67.2 Å². The average molecular weight is 944 g/mol. The van der Waals surface area contributed by atoms with Gasteiger partial charge >= 0.3 is 7.12 Å². The predicted octanol–water partition coefficient (Wildman–Crippen LogP) is 12.0. The molecule has 1 aliphatic heterocycles. The molecule has 0 bridgehead atoms. The van der Waals surface area contributed by atoms with E-state index in [4.69, 9.17) is 43.4 Å². The molecule has 0 unspecified atom stereocenters. The molecule has 12 nitrogen and oxygen atoms in total. The highest BCUT2D eigenvalue weighted by Gasteiger charge is 2.52. The van der Waals surface area contributed by atoms with Crippen molar-refractivity contribution in [3.8, 4) is 34.0 Å². The Morgan fingerprint density at radius 3 is 1.58 bits per heavy atom. The van der Waals surface area contributed by atoms with Crippen molar-refractivity contribution in [1.29, 1.82) is 0 Å². The molecule has 9 rings (SSSR count). The number of benzene rings is 4. The maximum Gasteiger partial charge on any atom is 0.496 e. The van der Waals surface area contributed by atoms with Crippen molar-refractivity contribution in [2.45, 2.75) is 66.6 Å². The number of nitrogens with zero attached hydrogens (tertiary/aromatic N) is 6. The lowest BCUT2D eigenvalue weighted by Crippen LogP contribution is -2.41. The summed E-state index contributed by atoms with van der Waals surface area (Å²) in [4.78, 5) is 15.6. The van der Waals surface area contributed by atoms with E-state index in [2.05, 4.69) is 63.1 Å². The van der Waals surface area contributed by atoms with Gasteiger partial charge in [0.25, 0.3) is 0 Å². The molecule has 0 amide bonds. The summed E-state index contributed by atoms with van der Waals surface area (Å²) in [6, 6.07) is 23.8. The molecule has 4 aromatic heterocycles. The Morgan fingerprint density at radius 2 is 1.08 bits per heavy atom. The number of halogens is 1. The minimum absolute atomic E-state index is 0.339. The lowest BCUT2D eigenvalue weighted by molar-refractivity contribution is 0.00578. The number of hydrogen-bond donors (Lipinski definition) is 2. The number of pyridine rings is 2. The van der Waals surface area contributed by atoms with E-state index in [0.717, 1.165) is 88.0 Å². The molecule has 5 heterocycles. The Balaban J connectivity index is 0.000000152. The molecule has 0 saturated carbocycles. The summed E-state index contributed by atoms with van der Waals surface area (Å²) < 4.78 is 27.6. The van der Waals surface area contributed by atoms with Gasteiger partial charge in [-0.2, -0.15) is 0 Å². The molecule has 8 aromatic rings. The molecule has 334 valence electrons. The van der Waals surface area contributed by atoms with Gasteiger partial charge in [-0.05, 0) is 172 Å². The van der Waals surface area contributed by atoms with Gasteiger partial charge in [0.2, 0.25) is 0 Å². The van der Waals surface area contributed by atoms with Crippen LogP contribution in [0.3, 0.4) is 0 Å². The molecule has 0 aliphatic carbocycles. The van der Waals surface area contributed by atoms with E-state index in [1.165, 1.54) is 0 Å². The number of nitrogen functional groups attached to an aromatic ring is 2. The van der Waals surface area contributed by atoms with Crippen molar-refractivity contribution in [3.05, 3.63) is 160 Å². The minimum Gasteiger partial charge on any atom is -0.497 e. The highest BCUT2D eigenvalue weighted by Crippen LogP contribution is 2.40. The molecule has 14 heteroatoms. The number of aryl methyl sites for hydroxylation is 2. The SMILES string of the molecule is Cc1c(N)cncc1B1OC(C)(C)C(C)(C)O1.[C-]#[N+]c1cc2c(-c3cncc(N)c3C)cn(-c3ccc(OC)cc3)c2cc1C.[C-]#[N+]c1cc2c(Br)cn(-c3ccc(OC)cc3)c2cc1C. The summed E-state index contributed by atoms with van der Waals surface area (Å²) >= 11 is 3.58. The fraction of sp³-hybridized carbons (Fsp3) is 0.231. The first-order valence-electron chi connectivity index (χ1n) is 21.2. The summed E-state index contributed by atoms with van der Waals surface area (Å²) in [7, 11) is 2.92. The zero-order chi connectivity index (χ0) is 47.7. The predicted molar refractivity (Wildman–Crippen MR) is 271 cm³/mol. The third-order valence-corrected chi connectivity index (χ3v) is 13.1. The number of hydrogen-bond acceptors (Lipinski definition) is 8. The van der Waals surface area contributed by atoms with Crippen LogP contribution >= 0.6 is 15.9 Å². The van der Waals surface area contributed by atoms with Gasteiger partial charge < -0.3 is 39.4 Å². The Kier molecular flexibility index (Phi) is 13.3. The quantitative estimate of drug-likeness (QED) is 0.124. The summed E-state index contributed by atoms with van der Waals surface area (Å²) in [5.41, 5.74) is 24.9. The van der Waals surface area contributed by atoms with E-state index in [1.54, 1.807) is 32.8 Å². The number of nitrogens with two attached hydrogens (primary N) is 2. The van der Waals surface area contributed by atoms with Gasteiger partial charge in [-0.25, -0.2) is 9.69 Å². The molecule has 1 aliphatic rings. The fourth-order valence-electron chi connectivity index (χ4n) is 7.64. The molecule has 1 fully saturated rings. The zero-order valence-electron chi connectivity index (χ0n) is 38.8. The van der Waals surface area contributed by atoms with Crippen LogP contribution in [-0.4, -0.2) is 51.6 Å². The standard InChI is InChI=1S/C23H20N4O.C17H13BrN2O.C12H19BN2O2/c1-14-9-23-18(10-22(14)25-3)20(19-11-26-12-21(24)15(19)2)13-27(23)16-5-7-17(28-4)8-6-16;1-11-8-17-14(9-16(11)19-2)15(18)10-20(17)12-4-6-13(21-3)7-5-12;1-8-9(6-15-7-10(8)14)13-16-11(2,3)12(4,5)17-13/h5-13H,24H2,1-2,4H3;4-10H,1,3H3;6-7H,14H2,1-5H3. The first-order valence-corrected chi connectivity index (χ1v) is 22.0. The smallest absolute Gasteiger partial charge is 0.496 e. The third-order valence-electron chi connectivity index (χ3n) is 12.5. The maximum atomic E-state index is 7.50. The topological polar surface area (TPSA) is 133 Å². The van der Waals surface area contributed by atoms with Crippen LogP contribution in [0, 0.1) is 40.8 Å². The number of methoxy groups -OCH3 is 2. The summed E-state index contributed by atoms with van der Waals surface area (Å²) in [6.07, 6.45) is 11.0. The molecule has 4 N–H and O–H groups in total. The first-order chi connectivity index (χ1) is 31.4. The molecule has 4 aromatic carbocycles. The van der Waals surface area contributed by atoms with Crippen LogP contribution in [0.5, 0.6) is 11.5 Å². The third kappa shape index (κ3) is 9.09. The second-order valence-electron chi connectivity index (χ2n) is 17.1. The molecule has 0 radical (unpaired) electrons. The second-order valence-corrected chi connectivity index (χ2v) is 18.0. The van der Waals surface area contributed by atoms with Crippen LogP contribution in [0.15, 0.2) is 114 Å². The molecule has 0 spiro atoms. The van der Waals surface area contributed by atoms with Crippen molar-refractivity contribution in [2.75, 3.05) is 25.7 Å². The van der Waals surface area contributed by atoms with Crippen molar-refractivity contribution < 1.29 is 18.8 Å². The van der Waals surface area contributed by atoms with Gasteiger partial charge in [0.1, 0.15) is 11.5 Å². The number of ether oxygens (including phenoxy) is 2. The number of rotatable bonds is 6. The van der Waals surface area contributed by atoms with Crippen LogP contribution in [0.1, 0.15) is 49.9 Å². The Morgan fingerprint density at radius 1 is 0.621 bits per heavy atom. The molecule has 66 heavy (non-hydrogen) atoms. The van der Waals surface area contributed by atoms with Crippen LogP contribution in [0.2, 0.25) is 0 Å². The number of anilines is 2. The molecular weight excluding hydrogens is 891 g/mol. The monoisotopic (exact) mass is 942 g/mol. The molecule has 1 saturated heterocycles. The Labute approximate surface area is 395 Å². The van der Waals surface area contributed by atoms with Crippen molar-refractivity contribution in [1.82, 2.24) is 19.1 Å². The zero-order valence-corrected chi connectivity index (χ0v) is 40.4. The van der Waals surface area contributed by atoms with Crippen LogP contribution in [0.4, 0.5) is 22.7 Å². The molecular formula is C52H52BBrN8O4. The van der Waals surface area contributed by atoms with Gasteiger partial charge in [-0.15, -0.1) is 0 Å². The lowest BCUT2D eigenvalue weighted by atomic mass is 9.77. The Hall–Kier alpha value is -7.10. The molecule has 0 atom stereocenters. The highest BCUT2D eigenvalue weighted by molar-refractivity contribution is 9.10. The maximum absolute atomic E-state index is 7.50. The largest absolute Gasteiger partial charge is 0.497 e. The fourth-order valence-corrected chi connectivity index (χ4v) is 8.16. The van der Waals surface area contributed by atoms with E-state index in [0.29, 0.717) is 22.7 Å². The van der Waals surface area contributed by atoms with E-state index < -0.39 is 7.12 Å². The van der Waals surface area contributed by atoms with Crippen LogP contribution in [-0.2, 0) is 9.31 Å². The highest BCUT2D eigenvalue weighted by atomic mass is 79.9. The van der Waals surface area contributed by atoms with Crippen molar-refractivity contribution in [2.24, 2.45) is 0 Å². The van der Waals surface area contributed by atoms with Gasteiger partial charge in [0, 0.05) is 68.8 Å². The van der Waals surface area contributed by atoms with E-state index in [9.17, 15) is 0 Å². The van der Waals surface area contributed by atoms with Crippen molar-refractivity contribution in [3.63, 3.8) is 0 Å². The average Bonchev–Trinajstić information content (AvgIpc) is 3.90. The number of fused-ring (bicyclic) bond motifs is 2. The number of aromatic nitrogens is 4. The van der Waals surface area contributed by atoms with Crippen molar-refractivity contribution >= 4 is 73.1 Å². The van der Waals surface area contributed by atoms with Crippen LogP contribution in [0.25, 0.3) is 54.0 Å². The lowest BCUT2D eigenvalue weighted by Gasteiger charge is -2.32. The second kappa shape index (κ2) is 18.8.